The molecule has 2 aromatic heterocycles. The molecule has 5 nitrogen and oxygen atoms in total. The van der Waals surface area contributed by atoms with Crippen LogP contribution in [0.25, 0.3) is 10.9 Å². The second kappa shape index (κ2) is 5.65. The van der Waals surface area contributed by atoms with Crippen molar-refractivity contribution in [3.63, 3.8) is 0 Å². The Morgan fingerprint density at radius 1 is 1.42 bits per heavy atom. The van der Waals surface area contributed by atoms with E-state index < -0.39 is 12.0 Å². The van der Waals surface area contributed by atoms with Crippen molar-refractivity contribution in [2.24, 2.45) is 5.92 Å². The Labute approximate surface area is 111 Å². The molecule has 0 spiro atoms. The van der Waals surface area contributed by atoms with Crippen molar-refractivity contribution in [1.29, 1.82) is 0 Å². The van der Waals surface area contributed by atoms with Crippen LogP contribution < -0.4 is 5.32 Å². The van der Waals surface area contributed by atoms with E-state index in [1.807, 2.05) is 13.8 Å². The molecule has 0 amide bonds. The van der Waals surface area contributed by atoms with Crippen molar-refractivity contribution >= 4 is 22.6 Å². The van der Waals surface area contributed by atoms with E-state index in [1.165, 1.54) is 0 Å². The number of fused-ring (bicyclic) bond motifs is 1. The molecule has 0 aliphatic carbocycles. The molecule has 5 heteroatoms. The van der Waals surface area contributed by atoms with Gasteiger partial charge >= 0.3 is 5.97 Å². The summed E-state index contributed by atoms with van der Waals surface area (Å²) in [6.07, 6.45) is 5.83. The summed E-state index contributed by atoms with van der Waals surface area (Å²) in [4.78, 5) is 19.6. The number of hydrogen-bond donors (Lipinski definition) is 2. The van der Waals surface area contributed by atoms with E-state index in [1.54, 1.807) is 30.7 Å². The van der Waals surface area contributed by atoms with Crippen molar-refractivity contribution < 1.29 is 9.90 Å². The average molecular weight is 259 g/mol. The van der Waals surface area contributed by atoms with Crippen molar-refractivity contribution in [1.82, 2.24) is 9.97 Å². The zero-order valence-electron chi connectivity index (χ0n) is 11.0. The molecule has 0 aromatic carbocycles. The molecule has 0 saturated heterocycles. The highest BCUT2D eigenvalue weighted by Gasteiger charge is 2.23. The van der Waals surface area contributed by atoms with Crippen molar-refractivity contribution in [3.8, 4) is 0 Å². The van der Waals surface area contributed by atoms with E-state index in [0.717, 1.165) is 23.0 Å². The molecule has 0 fully saturated rings. The smallest absolute Gasteiger partial charge is 0.326 e. The van der Waals surface area contributed by atoms with Gasteiger partial charge in [-0.05, 0) is 18.1 Å². The van der Waals surface area contributed by atoms with Crippen molar-refractivity contribution in [2.45, 2.75) is 26.3 Å². The Balaban J connectivity index is 2.36. The number of aliphatic carboxylic acids is 1. The number of aromatic nitrogens is 2. The van der Waals surface area contributed by atoms with Crippen LogP contribution in [0.15, 0.2) is 30.7 Å². The molecule has 19 heavy (non-hydrogen) atoms. The maximum absolute atomic E-state index is 11.3. The summed E-state index contributed by atoms with van der Waals surface area (Å²) in [5.41, 5.74) is 1.55. The lowest BCUT2D eigenvalue weighted by atomic mass is 9.99. The Morgan fingerprint density at radius 2 is 2.21 bits per heavy atom. The normalized spacial score (nSPS) is 14.0. The Bertz CT molecular complexity index is 580. The van der Waals surface area contributed by atoms with Crippen LogP contribution in [0.5, 0.6) is 0 Å². The zero-order valence-corrected chi connectivity index (χ0v) is 11.0. The second-order valence-corrected chi connectivity index (χ2v) is 4.60. The minimum absolute atomic E-state index is 0.0392. The topological polar surface area (TPSA) is 75.1 Å². The number of rotatable bonds is 5. The molecule has 2 aromatic rings. The van der Waals surface area contributed by atoms with E-state index in [9.17, 15) is 9.90 Å². The van der Waals surface area contributed by atoms with E-state index in [-0.39, 0.29) is 5.92 Å². The van der Waals surface area contributed by atoms with Crippen LogP contribution in [0.3, 0.4) is 0 Å². The predicted octanol–water partition coefficient (Wildman–Crippen LogP) is 2.54. The minimum Gasteiger partial charge on any atom is -0.480 e. The van der Waals surface area contributed by atoms with Crippen LogP contribution in [0.2, 0.25) is 0 Å². The standard InChI is InChI=1S/C14H17N3O2/c1-3-9(2)13(14(18)19)17-12-5-7-16-11-4-6-15-8-10(11)12/h4-9,13H,3H2,1-2H3,(H,16,17)(H,18,19)/t9-,13-/m0/s1. The van der Waals surface area contributed by atoms with Gasteiger partial charge in [0, 0.05) is 29.7 Å². The van der Waals surface area contributed by atoms with E-state index >= 15 is 0 Å². The number of nitrogens with one attached hydrogen (secondary N) is 1. The monoisotopic (exact) mass is 259 g/mol. The number of carboxylic acid groups (broad SMARTS) is 1. The molecule has 2 heterocycles. The van der Waals surface area contributed by atoms with Gasteiger partial charge in [-0.3, -0.25) is 9.97 Å². The second-order valence-electron chi connectivity index (χ2n) is 4.60. The number of pyridine rings is 2. The number of carbonyl (C=O) groups is 1. The highest BCUT2D eigenvalue weighted by molar-refractivity contribution is 5.92. The van der Waals surface area contributed by atoms with Gasteiger partial charge in [-0.1, -0.05) is 20.3 Å². The van der Waals surface area contributed by atoms with Gasteiger partial charge in [0.1, 0.15) is 6.04 Å². The fraction of sp³-hybridized carbons (Fsp3) is 0.357. The Morgan fingerprint density at radius 3 is 2.89 bits per heavy atom. The van der Waals surface area contributed by atoms with Crippen LogP contribution >= 0.6 is 0 Å². The van der Waals surface area contributed by atoms with Gasteiger partial charge in [-0.2, -0.15) is 0 Å². The quantitative estimate of drug-likeness (QED) is 0.863. The summed E-state index contributed by atoms with van der Waals surface area (Å²) in [6, 6.07) is 2.97. The molecule has 0 aliphatic heterocycles. The molecule has 2 N–H and O–H groups in total. The van der Waals surface area contributed by atoms with Gasteiger partial charge in [-0.15, -0.1) is 0 Å². The summed E-state index contributed by atoms with van der Waals surface area (Å²) in [5, 5.41) is 13.2. The van der Waals surface area contributed by atoms with Gasteiger partial charge in [0.2, 0.25) is 0 Å². The first-order valence-corrected chi connectivity index (χ1v) is 6.31. The van der Waals surface area contributed by atoms with Gasteiger partial charge in [0.05, 0.1) is 5.52 Å². The SMILES string of the molecule is CC[C@H](C)[C@H](Nc1ccnc2ccncc12)C(=O)O. The predicted molar refractivity (Wildman–Crippen MR) is 74.0 cm³/mol. The molecule has 0 aliphatic rings. The van der Waals surface area contributed by atoms with Gasteiger partial charge < -0.3 is 10.4 Å². The first-order chi connectivity index (χ1) is 9.13. The molecular formula is C14H17N3O2. The Hall–Kier alpha value is -2.17. The highest BCUT2D eigenvalue weighted by Crippen LogP contribution is 2.23. The fourth-order valence-corrected chi connectivity index (χ4v) is 1.97. The third kappa shape index (κ3) is 2.81. The number of carboxylic acids is 1. The lowest BCUT2D eigenvalue weighted by Crippen LogP contribution is -2.35. The highest BCUT2D eigenvalue weighted by atomic mass is 16.4. The summed E-state index contributed by atoms with van der Waals surface area (Å²) >= 11 is 0. The third-order valence-electron chi connectivity index (χ3n) is 3.33. The van der Waals surface area contributed by atoms with Crippen LogP contribution in [-0.2, 0) is 4.79 Å². The molecule has 0 radical (unpaired) electrons. The van der Waals surface area contributed by atoms with Crippen LogP contribution in [0, 0.1) is 5.92 Å². The molecular weight excluding hydrogens is 242 g/mol. The van der Waals surface area contributed by atoms with Crippen LogP contribution in [0.4, 0.5) is 5.69 Å². The maximum Gasteiger partial charge on any atom is 0.326 e. The van der Waals surface area contributed by atoms with Crippen LogP contribution in [0.1, 0.15) is 20.3 Å². The molecule has 0 bridgehead atoms. The maximum atomic E-state index is 11.3. The van der Waals surface area contributed by atoms with Gasteiger partial charge in [0.15, 0.2) is 0 Å². The number of anilines is 1. The number of hydrogen-bond acceptors (Lipinski definition) is 4. The van der Waals surface area contributed by atoms with Crippen molar-refractivity contribution in [2.75, 3.05) is 5.32 Å². The third-order valence-corrected chi connectivity index (χ3v) is 3.33. The Kier molecular flexibility index (Phi) is 3.94. The van der Waals surface area contributed by atoms with E-state index in [2.05, 4.69) is 15.3 Å². The lowest BCUT2D eigenvalue weighted by molar-refractivity contribution is -0.139. The molecule has 2 atom stereocenters. The summed E-state index contributed by atoms with van der Waals surface area (Å²) < 4.78 is 0. The average Bonchev–Trinajstić information content (AvgIpc) is 2.43. The first kappa shape index (κ1) is 13.3. The van der Waals surface area contributed by atoms with E-state index in [4.69, 9.17) is 0 Å². The van der Waals surface area contributed by atoms with Gasteiger partial charge in [0.25, 0.3) is 0 Å². The molecule has 2 rings (SSSR count). The fourth-order valence-electron chi connectivity index (χ4n) is 1.97. The first-order valence-electron chi connectivity index (χ1n) is 6.31. The largest absolute Gasteiger partial charge is 0.480 e. The lowest BCUT2D eigenvalue weighted by Gasteiger charge is -2.21. The molecule has 0 saturated carbocycles. The minimum atomic E-state index is -0.844. The summed E-state index contributed by atoms with van der Waals surface area (Å²) in [7, 11) is 0. The van der Waals surface area contributed by atoms with E-state index in [0.29, 0.717) is 0 Å². The van der Waals surface area contributed by atoms with Crippen LogP contribution in [-0.4, -0.2) is 27.1 Å². The van der Waals surface area contributed by atoms with Gasteiger partial charge in [-0.25, -0.2) is 4.79 Å². The van der Waals surface area contributed by atoms with Crippen molar-refractivity contribution in [3.05, 3.63) is 30.7 Å². The summed E-state index contributed by atoms with van der Waals surface area (Å²) in [5.74, 6) is -0.805. The number of nitrogens with zero attached hydrogens (tertiary/aromatic N) is 2. The molecule has 0 unspecified atom stereocenters. The molecule has 100 valence electrons. The zero-order chi connectivity index (χ0) is 13.8. The summed E-state index contributed by atoms with van der Waals surface area (Å²) in [6.45, 7) is 3.90.